The van der Waals surface area contributed by atoms with Gasteiger partial charge in [0.05, 0.1) is 0 Å². The number of carbonyl (C=O) groups is 2. The molecule has 0 spiro atoms. The maximum absolute atomic E-state index is 10.1. The Balaban J connectivity index is 0. The zero-order valence-corrected chi connectivity index (χ0v) is 9.58. The molecule has 0 heterocycles. The molecule has 0 atom stereocenters. The number of carboxylic acids is 1. The number of rotatable bonds is 4. The molecule has 4 heteroatoms. The third-order valence-corrected chi connectivity index (χ3v) is 1.27. The second kappa shape index (κ2) is 11.1. The van der Waals surface area contributed by atoms with E-state index < -0.39 is 11.9 Å². The van der Waals surface area contributed by atoms with Crippen molar-refractivity contribution in [1.29, 1.82) is 0 Å². The number of esters is 1. The average Bonchev–Trinajstić information content (AvgIpc) is 2.27. The fraction of sp³-hybridized carbons (Fsp3) is 0.333. The summed E-state index contributed by atoms with van der Waals surface area (Å²) in [4.78, 5) is 20.1. The standard InChI is InChI=1S/C6H10O2.C6H6O2/c1-3-4-5(2)6(7)8;1-3-5-8-6(7)4-2/h2-4H2,1H3,(H,7,8);4H,2H2,1H3. The quantitative estimate of drug-likeness (QED) is 0.451. The zero-order chi connectivity index (χ0) is 13.0. The van der Waals surface area contributed by atoms with Crippen molar-refractivity contribution in [1.82, 2.24) is 0 Å². The van der Waals surface area contributed by atoms with E-state index in [1.807, 2.05) is 6.92 Å². The van der Waals surface area contributed by atoms with Gasteiger partial charge in [0.25, 0.3) is 0 Å². The molecule has 0 aliphatic rings. The summed E-state index contributed by atoms with van der Waals surface area (Å²) in [6.45, 7) is 10.0. The molecule has 0 unspecified atom stereocenters. The fourth-order valence-electron chi connectivity index (χ4n) is 0.552. The Morgan fingerprint density at radius 1 is 1.50 bits per heavy atom. The molecule has 0 radical (unpaired) electrons. The van der Waals surface area contributed by atoms with Gasteiger partial charge < -0.3 is 9.84 Å². The highest BCUT2D eigenvalue weighted by atomic mass is 16.5. The van der Waals surface area contributed by atoms with Crippen LogP contribution in [0.25, 0.3) is 0 Å². The lowest BCUT2D eigenvalue weighted by Gasteiger charge is -1.92. The topological polar surface area (TPSA) is 63.6 Å². The maximum Gasteiger partial charge on any atom is 0.344 e. The van der Waals surface area contributed by atoms with Crippen molar-refractivity contribution in [3.8, 4) is 12.0 Å². The smallest absolute Gasteiger partial charge is 0.344 e. The minimum atomic E-state index is -0.883. The van der Waals surface area contributed by atoms with Gasteiger partial charge in [-0.3, -0.25) is 0 Å². The van der Waals surface area contributed by atoms with E-state index in [9.17, 15) is 9.59 Å². The molecular formula is C12H16O4. The molecule has 0 aliphatic heterocycles. The lowest BCUT2D eigenvalue weighted by molar-refractivity contribution is -0.133. The van der Waals surface area contributed by atoms with E-state index in [2.05, 4.69) is 29.9 Å². The molecule has 0 aliphatic carbocycles. The Hall–Kier alpha value is -2.02. The van der Waals surface area contributed by atoms with Gasteiger partial charge >= 0.3 is 11.9 Å². The number of carboxylic acid groups (broad SMARTS) is 1. The molecule has 16 heavy (non-hydrogen) atoms. The molecule has 4 nitrogen and oxygen atoms in total. The van der Waals surface area contributed by atoms with Gasteiger partial charge in [-0.25, -0.2) is 9.59 Å². The van der Waals surface area contributed by atoms with Crippen LogP contribution in [0.5, 0.6) is 0 Å². The summed E-state index contributed by atoms with van der Waals surface area (Å²) in [5.74, 6) is 0.995. The predicted octanol–water partition coefficient (Wildman–Crippen LogP) is 2.12. The molecule has 0 saturated carbocycles. The van der Waals surface area contributed by atoms with Gasteiger partial charge in [-0.2, -0.15) is 0 Å². The number of hydrogen-bond acceptors (Lipinski definition) is 3. The first-order valence-electron chi connectivity index (χ1n) is 4.65. The first-order valence-corrected chi connectivity index (χ1v) is 4.65. The lowest BCUT2D eigenvalue weighted by atomic mass is 10.2. The van der Waals surface area contributed by atoms with Crippen molar-refractivity contribution < 1.29 is 19.4 Å². The SMILES string of the molecule is C=C(CCC)C(=O)O.C=CC(=O)OC#CC. The molecule has 0 saturated heterocycles. The van der Waals surface area contributed by atoms with Crippen LogP contribution in [0.15, 0.2) is 24.8 Å². The third kappa shape index (κ3) is 12.0. The van der Waals surface area contributed by atoms with Gasteiger partial charge in [-0.05, 0) is 6.42 Å². The van der Waals surface area contributed by atoms with Gasteiger partial charge in [0.15, 0.2) is 0 Å². The van der Waals surface area contributed by atoms with Crippen LogP contribution in [0.2, 0.25) is 0 Å². The third-order valence-electron chi connectivity index (χ3n) is 1.27. The van der Waals surface area contributed by atoms with Crippen LogP contribution < -0.4 is 0 Å². The fourth-order valence-corrected chi connectivity index (χ4v) is 0.552. The minimum absolute atomic E-state index is 0.299. The Morgan fingerprint density at radius 3 is 2.31 bits per heavy atom. The molecule has 0 aromatic carbocycles. The van der Waals surface area contributed by atoms with E-state index in [0.29, 0.717) is 12.0 Å². The average molecular weight is 224 g/mol. The van der Waals surface area contributed by atoms with Crippen LogP contribution in [-0.4, -0.2) is 17.0 Å². The normalized spacial score (nSPS) is 7.38. The van der Waals surface area contributed by atoms with Crippen LogP contribution in [0, 0.1) is 12.0 Å². The number of hydrogen-bond donors (Lipinski definition) is 1. The molecule has 0 bridgehead atoms. The summed E-state index contributed by atoms with van der Waals surface area (Å²) in [6.07, 6.45) is 4.63. The lowest BCUT2D eigenvalue weighted by Crippen LogP contribution is -1.97. The first-order chi connectivity index (χ1) is 7.49. The van der Waals surface area contributed by atoms with E-state index in [4.69, 9.17) is 5.11 Å². The summed E-state index contributed by atoms with van der Waals surface area (Å²) in [5.41, 5.74) is 0.299. The molecule has 0 fully saturated rings. The van der Waals surface area contributed by atoms with Gasteiger partial charge in [-0.15, -0.1) is 0 Å². The van der Waals surface area contributed by atoms with Gasteiger partial charge in [-0.1, -0.05) is 32.4 Å². The van der Waals surface area contributed by atoms with Crippen LogP contribution >= 0.6 is 0 Å². The first kappa shape index (κ1) is 16.4. The Morgan fingerprint density at radius 2 is 2.06 bits per heavy atom. The minimum Gasteiger partial charge on any atom is -0.478 e. The molecule has 1 N–H and O–H groups in total. The highest BCUT2D eigenvalue weighted by Crippen LogP contribution is 1.99. The largest absolute Gasteiger partial charge is 0.478 e. The molecule has 0 aromatic heterocycles. The van der Waals surface area contributed by atoms with Gasteiger partial charge in [0, 0.05) is 18.6 Å². The Bertz CT molecular complexity index is 318. The second-order valence-electron chi connectivity index (χ2n) is 2.64. The molecule has 0 aromatic rings. The van der Waals surface area contributed by atoms with Gasteiger partial charge in [0.2, 0.25) is 0 Å². The number of carbonyl (C=O) groups excluding carboxylic acids is 1. The highest BCUT2D eigenvalue weighted by Gasteiger charge is 1.99. The van der Waals surface area contributed by atoms with E-state index in [-0.39, 0.29) is 0 Å². The van der Waals surface area contributed by atoms with Crippen LogP contribution in [0.3, 0.4) is 0 Å². The van der Waals surface area contributed by atoms with Crippen molar-refractivity contribution in [3.63, 3.8) is 0 Å². The summed E-state index contributed by atoms with van der Waals surface area (Å²) in [5, 5.41) is 8.21. The highest BCUT2D eigenvalue weighted by molar-refractivity contribution is 5.85. The molecular weight excluding hydrogens is 208 g/mol. The number of ether oxygens (including phenoxy) is 1. The van der Waals surface area contributed by atoms with E-state index in [1.54, 1.807) is 6.92 Å². The van der Waals surface area contributed by atoms with Crippen molar-refractivity contribution >= 4 is 11.9 Å². The predicted molar refractivity (Wildman–Crippen MR) is 61.4 cm³/mol. The van der Waals surface area contributed by atoms with E-state index >= 15 is 0 Å². The molecule has 88 valence electrons. The van der Waals surface area contributed by atoms with Crippen molar-refractivity contribution in [2.75, 3.05) is 0 Å². The monoisotopic (exact) mass is 224 g/mol. The van der Waals surface area contributed by atoms with Crippen LogP contribution in [0.4, 0.5) is 0 Å². The Kier molecular flexibility index (Phi) is 11.3. The Labute approximate surface area is 95.6 Å². The van der Waals surface area contributed by atoms with Crippen molar-refractivity contribution in [2.24, 2.45) is 0 Å². The van der Waals surface area contributed by atoms with E-state index in [0.717, 1.165) is 12.5 Å². The summed E-state index contributed by atoms with van der Waals surface area (Å²) >= 11 is 0. The van der Waals surface area contributed by atoms with Crippen LogP contribution in [-0.2, 0) is 14.3 Å². The molecule has 0 rings (SSSR count). The summed E-state index contributed by atoms with van der Waals surface area (Å²) < 4.78 is 4.22. The summed E-state index contributed by atoms with van der Waals surface area (Å²) in [6, 6.07) is 0. The van der Waals surface area contributed by atoms with Crippen molar-refractivity contribution in [2.45, 2.75) is 26.7 Å². The maximum atomic E-state index is 10.1. The number of aliphatic carboxylic acids is 1. The van der Waals surface area contributed by atoms with Gasteiger partial charge in [0.1, 0.15) is 6.11 Å². The second-order valence-corrected chi connectivity index (χ2v) is 2.64. The molecule has 0 amide bonds. The zero-order valence-electron chi connectivity index (χ0n) is 9.58. The van der Waals surface area contributed by atoms with E-state index in [1.165, 1.54) is 0 Å². The van der Waals surface area contributed by atoms with Crippen molar-refractivity contribution in [3.05, 3.63) is 24.8 Å². The summed E-state index contributed by atoms with van der Waals surface area (Å²) in [7, 11) is 0. The van der Waals surface area contributed by atoms with Crippen LogP contribution in [0.1, 0.15) is 26.7 Å².